The summed E-state index contributed by atoms with van der Waals surface area (Å²) < 4.78 is 29.0. The topological polar surface area (TPSA) is 66.9 Å². The Bertz CT molecular complexity index is 705. The van der Waals surface area contributed by atoms with Crippen LogP contribution in [0.1, 0.15) is 18.9 Å². The third-order valence-corrected chi connectivity index (χ3v) is 6.67. The number of nitrogens with zero attached hydrogens (tertiary/aromatic N) is 2. The molecule has 1 aliphatic rings. The number of hydrogen-bond acceptors (Lipinski definition) is 5. The lowest BCUT2D eigenvalue weighted by Crippen LogP contribution is -2.49. The molecule has 1 aromatic carbocycles. The number of amides is 1. The second-order valence-electron chi connectivity index (χ2n) is 6.78. The van der Waals surface area contributed by atoms with E-state index in [1.54, 1.807) is 11.9 Å². The summed E-state index contributed by atoms with van der Waals surface area (Å²) in [4.78, 5) is 16.1. The number of ether oxygens (including phenoxy) is 1. The number of hydrogen-bond donors (Lipinski definition) is 0. The number of carbonyl (C=O) groups is 1. The smallest absolute Gasteiger partial charge is 0.239 e. The second-order valence-corrected chi connectivity index (χ2v) is 9.01. The van der Waals surface area contributed by atoms with E-state index in [4.69, 9.17) is 4.74 Å². The van der Waals surface area contributed by atoms with Crippen LogP contribution in [0, 0.1) is 6.92 Å². The van der Waals surface area contributed by atoms with Gasteiger partial charge in [-0.1, -0.05) is 18.2 Å². The fourth-order valence-corrected chi connectivity index (χ4v) is 4.73. The Morgan fingerprint density at radius 2 is 2.00 bits per heavy atom. The lowest BCUT2D eigenvalue weighted by atomic mass is 10.2. The van der Waals surface area contributed by atoms with Crippen LogP contribution in [0.25, 0.3) is 0 Å². The molecule has 140 valence electrons. The highest BCUT2D eigenvalue weighted by molar-refractivity contribution is 7.91. The summed E-state index contributed by atoms with van der Waals surface area (Å²) in [5, 5.41) is 0. The largest absolute Gasteiger partial charge is 0.492 e. The Labute approximate surface area is 150 Å². The van der Waals surface area contributed by atoms with E-state index >= 15 is 0 Å². The highest BCUT2D eigenvalue weighted by atomic mass is 32.2. The maximum absolute atomic E-state index is 12.6. The van der Waals surface area contributed by atoms with Crippen LogP contribution in [0.2, 0.25) is 0 Å². The number of benzene rings is 1. The van der Waals surface area contributed by atoms with Crippen molar-refractivity contribution in [1.29, 1.82) is 0 Å². The first kappa shape index (κ1) is 19.7. The summed E-state index contributed by atoms with van der Waals surface area (Å²) in [6.07, 6.45) is 0.525. The van der Waals surface area contributed by atoms with Gasteiger partial charge in [0, 0.05) is 19.6 Å². The summed E-state index contributed by atoms with van der Waals surface area (Å²) in [5.41, 5.74) is 1.08. The van der Waals surface area contributed by atoms with Crippen molar-refractivity contribution in [3.63, 3.8) is 0 Å². The molecule has 0 aliphatic carbocycles. The van der Waals surface area contributed by atoms with Crippen LogP contribution < -0.4 is 4.74 Å². The van der Waals surface area contributed by atoms with Gasteiger partial charge >= 0.3 is 0 Å². The van der Waals surface area contributed by atoms with Gasteiger partial charge in [-0.3, -0.25) is 9.69 Å². The van der Waals surface area contributed by atoms with Crippen LogP contribution in [-0.2, 0) is 14.6 Å². The van der Waals surface area contributed by atoms with Gasteiger partial charge < -0.3 is 9.64 Å². The van der Waals surface area contributed by atoms with Crippen LogP contribution >= 0.6 is 0 Å². The van der Waals surface area contributed by atoms with Crippen molar-refractivity contribution in [1.82, 2.24) is 9.80 Å². The van der Waals surface area contributed by atoms with Gasteiger partial charge in [0.15, 0.2) is 9.84 Å². The van der Waals surface area contributed by atoms with Gasteiger partial charge in [-0.25, -0.2) is 8.42 Å². The zero-order chi connectivity index (χ0) is 18.6. The van der Waals surface area contributed by atoms with E-state index in [0.717, 1.165) is 11.3 Å². The molecule has 0 N–H and O–H groups in total. The lowest BCUT2D eigenvalue weighted by Gasteiger charge is -2.31. The molecule has 1 heterocycles. The Balaban J connectivity index is 1.83. The third-order valence-electron chi connectivity index (χ3n) is 4.92. The Hall–Kier alpha value is -1.60. The molecule has 1 amide bonds. The molecular weight excluding hydrogens is 340 g/mol. The summed E-state index contributed by atoms with van der Waals surface area (Å²) >= 11 is 0. The number of likely N-dealkylation sites (N-methyl/N-ethyl adjacent to an activating group) is 2. The molecule has 0 radical (unpaired) electrons. The monoisotopic (exact) mass is 368 g/mol. The molecule has 6 nitrogen and oxygen atoms in total. The first-order valence-electron chi connectivity index (χ1n) is 8.57. The van der Waals surface area contributed by atoms with E-state index in [-0.39, 0.29) is 29.5 Å². The molecule has 0 bridgehead atoms. The van der Waals surface area contributed by atoms with E-state index < -0.39 is 9.84 Å². The Morgan fingerprint density at radius 3 is 2.60 bits per heavy atom. The highest BCUT2D eigenvalue weighted by Gasteiger charge is 2.34. The van der Waals surface area contributed by atoms with E-state index in [1.165, 1.54) is 0 Å². The molecule has 2 unspecified atom stereocenters. The SMILES string of the molecule is Cc1ccccc1OCCN(C)C(C)C(=O)N(C)C1CCS(=O)(=O)C1. The molecule has 25 heavy (non-hydrogen) atoms. The van der Waals surface area contributed by atoms with Gasteiger partial charge in [0.1, 0.15) is 12.4 Å². The minimum absolute atomic E-state index is 0.0551. The number of para-hydroxylation sites is 1. The van der Waals surface area contributed by atoms with Crippen LogP contribution in [-0.4, -0.2) is 75.0 Å². The summed E-state index contributed by atoms with van der Waals surface area (Å²) in [5.74, 6) is 1.04. The van der Waals surface area contributed by atoms with Gasteiger partial charge in [0.25, 0.3) is 0 Å². The molecule has 1 saturated heterocycles. The lowest BCUT2D eigenvalue weighted by molar-refractivity contribution is -0.136. The summed E-state index contributed by atoms with van der Waals surface area (Å²) in [6.45, 7) is 4.93. The molecule has 0 spiro atoms. The normalized spacial score (nSPS) is 20.4. The molecule has 0 saturated carbocycles. The van der Waals surface area contributed by atoms with Gasteiger partial charge in [0.2, 0.25) is 5.91 Å². The fourth-order valence-electron chi connectivity index (χ4n) is 2.96. The molecule has 1 aliphatic heterocycles. The van der Waals surface area contributed by atoms with Crippen molar-refractivity contribution in [3.8, 4) is 5.75 Å². The predicted octanol–water partition coefficient (Wildman–Crippen LogP) is 1.34. The van der Waals surface area contributed by atoms with Crippen LogP contribution in [0.5, 0.6) is 5.75 Å². The average molecular weight is 368 g/mol. The van der Waals surface area contributed by atoms with E-state index in [9.17, 15) is 13.2 Å². The maximum atomic E-state index is 12.6. The molecule has 1 fully saturated rings. The zero-order valence-corrected chi connectivity index (χ0v) is 16.3. The van der Waals surface area contributed by atoms with Crippen LogP contribution in [0.15, 0.2) is 24.3 Å². The van der Waals surface area contributed by atoms with Crippen molar-refractivity contribution < 1.29 is 17.9 Å². The molecule has 0 aromatic heterocycles. The minimum Gasteiger partial charge on any atom is -0.492 e. The van der Waals surface area contributed by atoms with Crippen molar-refractivity contribution in [3.05, 3.63) is 29.8 Å². The molecule has 2 rings (SSSR count). The van der Waals surface area contributed by atoms with E-state index in [1.807, 2.05) is 50.1 Å². The minimum atomic E-state index is -3.00. The molecule has 7 heteroatoms. The standard InChI is InChI=1S/C18H28N2O4S/c1-14-7-5-6-8-17(14)24-11-10-19(3)15(2)18(21)20(4)16-9-12-25(22,23)13-16/h5-8,15-16H,9-13H2,1-4H3. The molecule has 2 atom stereocenters. The van der Waals surface area contributed by atoms with Crippen molar-refractivity contribution in [2.24, 2.45) is 0 Å². The number of aryl methyl sites for hydroxylation is 1. The zero-order valence-electron chi connectivity index (χ0n) is 15.4. The van der Waals surface area contributed by atoms with Gasteiger partial charge in [-0.05, 0) is 38.9 Å². The van der Waals surface area contributed by atoms with Crippen LogP contribution in [0.3, 0.4) is 0 Å². The first-order chi connectivity index (χ1) is 11.7. The Morgan fingerprint density at radius 1 is 1.32 bits per heavy atom. The average Bonchev–Trinajstić information content (AvgIpc) is 2.94. The first-order valence-corrected chi connectivity index (χ1v) is 10.4. The van der Waals surface area contributed by atoms with Gasteiger partial charge in [-0.15, -0.1) is 0 Å². The predicted molar refractivity (Wildman–Crippen MR) is 98.6 cm³/mol. The van der Waals surface area contributed by atoms with Crippen molar-refractivity contribution in [2.75, 3.05) is 38.8 Å². The van der Waals surface area contributed by atoms with Gasteiger partial charge in [-0.2, -0.15) is 0 Å². The number of sulfone groups is 1. The highest BCUT2D eigenvalue weighted by Crippen LogP contribution is 2.18. The van der Waals surface area contributed by atoms with E-state index in [2.05, 4.69) is 0 Å². The quantitative estimate of drug-likeness (QED) is 0.727. The second kappa shape index (κ2) is 8.19. The Kier molecular flexibility index (Phi) is 6.46. The summed E-state index contributed by atoms with van der Waals surface area (Å²) in [7, 11) is 0.578. The third kappa shape index (κ3) is 5.19. The van der Waals surface area contributed by atoms with Crippen molar-refractivity contribution >= 4 is 15.7 Å². The fraction of sp³-hybridized carbons (Fsp3) is 0.611. The molecule has 1 aromatic rings. The number of rotatable bonds is 7. The maximum Gasteiger partial charge on any atom is 0.239 e. The van der Waals surface area contributed by atoms with Crippen LogP contribution in [0.4, 0.5) is 0 Å². The molecular formula is C18H28N2O4S. The van der Waals surface area contributed by atoms with Gasteiger partial charge in [0.05, 0.1) is 17.5 Å². The number of carbonyl (C=O) groups excluding carboxylic acids is 1. The van der Waals surface area contributed by atoms with E-state index in [0.29, 0.717) is 19.6 Å². The van der Waals surface area contributed by atoms with Crippen molar-refractivity contribution in [2.45, 2.75) is 32.4 Å². The summed E-state index contributed by atoms with van der Waals surface area (Å²) in [6, 6.07) is 7.29.